The van der Waals surface area contributed by atoms with Crippen molar-refractivity contribution in [3.8, 4) is 0 Å². The number of hydrogen-bond donors (Lipinski definition) is 1. The second kappa shape index (κ2) is 4.62. The van der Waals surface area contributed by atoms with Gasteiger partial charge in [-0.25, -0.2) is 0 Å². The van der Waals surface area contributed by atoms with Crippen molar-refractivity contribution in [1.29, 1.82) is 0 Å². The van der Waals surface area contributed by atoms with Crippen LogP contribution in [0.3, 0.4) is 0 Å². The van der Waals surface area contributed by atoms with Gasteiger partial charge in [0.1, 0.15) is 0 Å². The first-order valence-corrected chi connectivity index (χ1v) is 5.18. The molecule has 1 aromatic rings. The molecule has 0 saturated carbocycles. The first-order chi connectivity index (χ1) is 6.86. The SMILES string of the molecule is Clc1ccncc1NC1CCOCC1. The molecule has 2 heterocycles. The van der Waals surface area contributed by atoms with Crippen molar-refractivity contribution in [3.63, 3.8) is 0 Å². The van der Waals surface area contributed by atoms with Crippen LogP contribution in [0.25, 0.3) is 0 Å². The lowest BCUT2D eigenvalue weighted by molar-refractivity contribution is 0.0904. The first-order valence-electron chi connectivity index (χ1n) is 4.80. The van der Waals surface area contributed by atoms with Gasteiger partial charge in [0.25, 0.3) is 0 Å². The van der Waals surface area contributed by atoms with Gasteiger partial charge in [-0.1, -0.05) is 11.6 Å². The third-order valence-corrected chi connectivity index (χ3v) is 2.68. The van der Waals surface area contributed by atoms with Gasteiger partial charge in [0.15, 0.2) is 0 Å². The second-order valence-corrected chi connectivity index (χ2v) is 3.79. The van der Waals surface area contributed by atoms with Crippen molar-refractivity contribution in [1.82, 2.24) is 4.98 Å². The number of anilines is 1. The molecular formula is C10H13ClN2O. The summed E-state index contributed by atoms with van der Waals surface area (Å²) in [4.78, 5) is 4.03. The minimum Gasteiger partial charge on any atom is -0.381 e. The Balaban J connectivity index is 1.99. The number of aromatic nitrogens is 1. The van der Waals surface area contributed by atoms with E-state index in [9.17, 15) is 0 Å². The molecule has 0 spiro atoms. The molecular weight excluding hydrogens is 200 g/mol. The molecule has 0 bridgehead atoms. The van der Waals surface area contributed by atoms with Gasteiger partial charge in [-0.3, -0.25) is 4.98 Å². The lowest BCUT2D eigenvalue weighted by Gasteiger charge is -2.24. The minimum absolute atomic E-state index is 0.463. The van der Waals surface area contributed by atoms with Gasteiger partial charge in [-0.05, 0) is 18.9 Å². The highest BCUT2D eigenvalue weighted by atomic mass is 35.5. The van der Waals surface area contributed by atoms with Crippen LogP contribution in [0.2, 0.25) is 5.02 Å². The molecule has 2 rings (SSSR count). The number of hydrogen-bond acceptors (Lipinski definition) is 3. The van der Waals surface area contributed by atoms with Crippen LogP contribution in [-0.4, -0.2) is 24.2 Å². The molecule has 0 aromatic carbocycles. The molecule has 0 atom stereocenters. The van der Waals surface area contributed by atoms with Crippen molar-refractivity contribution in [2.45, 2.75) is 18.9 Å². The van der Waals surface area contributed by atoms with Gasteiger partial charge in [0.05, 0.1) is 16.9 Å². The van der Waals surface area contributed by atoms with E-state index in [1.54, 1.807) is 18.5 Å². The van der Waals surface area contributed by atoms with E-state index >= 15 is 0 Å². The average molecular weight is 213 g/mol. The molecule has 14 heavy (non-hydrogen) atoms. The zero-order valence-corrected chi connectivity index (χ0v) is 8.63. The van der Waals surface area contributed by atoms with Crippen molar-refractivity contribution in [2.75, 3.05) is 18.5 Å². The van der Waals surface area contributed by atoms with E-state index < -0.39 is 0 Å². The molecule has 1 N–H and O–H groups in total. The van der Waals surface area contributed by atoms with Crippen LogP contribution in [0, 0.1) is 0 Å². The summed E-state index contributed by atoms with van der Waals surface area (Å²) >= 11 is 6.01. The maximum Gasteiger partial charge on any atom is 0.0718 e. The molecule has 1 aliphatic rings. The molecule has 4 heteroatoms. The summed E-state index contributed by atoms with van der Waals surface area (Å²) < 4.78 is 5.28. The Morgan fingerprint density at radius 2 is 2.21 bits per heavy atom. The maximum absolute atomic E-state index is 6.01. The van der Waals surface area contributed by atoms with Crippen LogP contribution >= 0.6 is 11.6 Å². The summed E-state index contributed by atoms with van der Waals surface area (Å²) in [6.07, 6.45) is 5.52. The predicted octanol–water partition coefficient (Wildman–Crippen LogP) is 2.33. The zero-order valence-electron chi connectivity index (χ0n) is 7.87. The molecule has 1 aromatic heterocycles. The lowest BCUT2D eigenvalue weighted by Crippen LogP contribution is -2.27. The lowest BCUT2D eigenvalue weighted by atomic mass is 10.1. The summed E-state index contributed by atoms with van der Waals surface area (Å²) in [6.45, 7) is 1.66. The van der Waals surface area contributed by atoms with Crippen LogP contribution in [0.5, 0.6) is 0 Å². The molecule has 0 unspecified atom stereocenters. The second-order valence-electron chi connectivity index (χ2n) is 3.39. The Bertz CT molecular complexity index is 300. The molecule has 0 radical (unpaired) electrons. The number of pyridine rings is 1. The third kappa shape index (κ3) is 2.36. The summed E-state index contributed by atoms with van der Waals surface area (Å²) in [5, 5.41) is 4.10. The Labute approximate surface area is 88.4 Å². The van der Waals surface area contributed by atoms with Crippen molar-refractivity contribution in [3.05, 3.63) is 23.5 Å². The van der Waals surface area contributed by atoms with Gasteiger partial charge in [0.2, 0.25) is 0 Å². The highest BCUT2D eigenvalue weighted by Gasteiger charge is 2.14. The fourth-order valence-corrected chi connectivity index (χ4v) is 1.71. The van der Waals surface area contributed by atoms with E-state index in [4.69, 9.17) is 16.3 Å². The van der Waals surface area contributed by atoms with Crippen molar-refractivity contribution in [2.24, 2.45) is 0 Å². The van der Waals surface area contributed by atoms with Gasteiger partial charge >= 0.3 is 0 Å². The summed E-state index contributed by atoms with van der Waals surface area (Å²) in [7, 11) is 0. The quantitative estimate of drug-likeness (QED) is 0.817. The van der Waals surface area contributed by atoms with Crippen LogP contribution in [-0.2, 0) is 4.74 Å². The zero-order chi connectivity index (χ0) is 9.80. The maximum atomic E-state index is 6.01. The molecule has 1 aliphatic heterocycles. The van der Waals surface area contributed by atoms with Gasteiger partial charge < -0.3 is 10.1 Å². The minimum atomic E-state index is 0.463. The molecule has 0 amide bonds. The van der Waals surface area contributed by atoms with Crippen molar-refractivity contribution >= 4 is 17.3 Å². The summed E-state index contributed by atoms with van der Waals surface area (Å²) in [5.41, 5.74) is 0.918. The standard InChI is InChI=1S/C10H13ClN2O/c11-9-1-4-12-7-10(9)13-8-2-5-14-6-3-8/h1,4,7-8,13H,2-3,5-6H2. The first kappa shape index (κ1) is 9.74. The van der Waals surface area contributed by atoms with Crippen LogP contribution in [0.4, 0.5) is 5.69 Å². The van der Waals surface area contributed by atoms with Gasteiger partial charge in [0, 0.05) is 25.5 Å². The average Bonchev–Trinajstić information content (AvgIpc) is 2.23. The Morgan fingerprint density at radius 3 is 2.93 bits per heavy atom. The van der Waals surface area contributed by atoms with Crippen molar-refractivity contribution < 1.29 is 4.74 Å². The molecule has 1 saturated heterocycles. The Hall–Kier alpha value is -0.800. The number of rotatable bonds is 2. The summed E-state index contributed by atoms with van der Waals surface area (Å²) in [5.74, 6) is 0. The molecule has 1 fully saturated rings. The van der Waals surface area contributed by atoms with Crippen LogP contribution < -0.4 is 5.32 Å². The fraction of sp³-hybridized carbons (Fsp3) is 0.500. The van der Waals surface area contributed by atoms with E-state index in [0.717, 1.165) is 36.8 Å². The van der Waals surface area contributed by atoms with E-state index in [1.165, 1.54) is 0 Å². The van der Waals surface area contributed by atoms with Gasteiger partial charge in [-0.2, -0.15) is 0 Å². The topological polar surface area (TPSA) is 34.2 Å². The fourth-order valence-electron chi connectivity index (χ4n) is 1.55. The molecule has 3 nitrogen and oxygen atoms in total. The third-order valence-electron chi connectivity index (χ3n) is 2.35. The normalized spacial score (nSPS) is 18.1. The largest absolute Gasteiger partial charge is 0.381 e. The Kier molecular flexibility index (Phi) is 3.22. The predicted molar refractivity (Wildman–Crippen MR) is 56.7 cm³/mol. The van der Waals surface area contributed by atoms with Crippen LogP contribution in [0.1, 0.15) is 12.8 Å². The van der Waals surface area contributed by atoms with Gasteiger partial charge in [-0.15, -0.1) is 0 Å². The highest BCUT2D eigenvalue weighted by Crippen LogP contribution is 2.22. The molecule has 76 valence electrons. The number of nitrogens with zero attached hydrogens (tertiary/aromatic N) is 1. The van der Waals surface area contributed by atoms with Crippen LogP contribution in [0.15, 0.2) is 18.5 Å². The smallest absolute Gasteiger partial charge is 0.0718 e. The van der Waals surface area contributed by atoms with E-state index in [-0.39, 0.29) is 0 Å². The number of halogens is 1. The van der Waals surface area contributed by atoms with E-state index in [0.29, 0.717) is 6.04 Å². The van der Waals surface area contributed by atoms with E-state index in [1.807, 2.05) is 0 Å². The number of ether oxygens (including phenoxy) is 1. The molecule has 0 aliphatic carbocycles. The monoisotopic (exact) mass is 212 g/mol. The summed E-state index contributed by atoms with van der Waals surface area (Å²) in [6, 6.07) is 2.26. The van der Waals surface area contributed by atoms with E-state index in [2.05, 4.69) is 10.3 Å². The number of nitrogens with one attached hydrogen (secondary N) is 1. The highest BCUT2D eigenvalue weighted by molar-refractivity contribution is 6.33. The Morgan fingerprint density at radius 1 is 1.43 bits per heavy atom.